The minimum atomic E-state index is 0.721. The Balaban J connectivity index is 1.22. The molecule has 0 saturated heterocycles. The largest absolute Gasteiger partial charge is 0.454 e. The summed E-state index contributed by atoms with van der Waals surface area (Å²) in [5.41, 5.74) is 16.3. The Kier molecular flexibility index (Phi) is 9.96. The van der Waals surface area contributed by atoms with E-state index in [0.717, 1.165) is 99.6 Å². The maximum Gasteiger partial charge on any atom is 0.159 e. The minimum absolute atomic E-state index is 0.721. The highest BCUT2D eigenvalue weighted by Gasteiger charge is 2.28. The van der Waals surface area contributed by atoms with Gasteiger partial charge in [0.1, 0.15) is 11.2 Å². The molecule has 4 nitrogen and oxygen atoms in total. The molecule has 0 unspecified atom stereocenters. The van der Waals surface area contributed by atoms with Gasteiger partial charge in [-0.3, -0.25) is 0 Å². The first-order valence-electron chi connectivity index (χ1n) is 24.3. The van der Waals surface area contributed by atoms with Crippen LogP contribution in [0, 0.1) is 13.8 Å². The van der Waals surface area contributed by atoms with Crippen LogP contribution >= 0.6 is 0 Å². The number of para-hydroxylation sites is 5. The van der Waals surface area contributed by atoms with Gasteiger partial charge < -0.3 is 18.6 Å². The number of benzene rings is 11. The molecule has 11 aromatic carbocycles. The fourth-order valence-corrected chi connectivity index (χ4v) is 11.1. The number of nitrogens with zero attached hydrogens (tertiary/aromatic N) is 2. The number of allylic oxidation sites excluding steroid dienone is 1. The molecule has 0 spiro atoms. The Hall–Kier alpha value is -9.12. The van der Waals surface area contributed by atoms with Crippen LogP contribution in [-0.4, -0.2) is 0 Å². The normalized spacial score (nSPS) is 12.4. The first-order valence-corrected chi connectivity index (χ1v) is 24.3. The highest BCUT2D eigenvalue weighted by Crippen LogP contribution is 2.53. The number of anilines is 5. The molecule has 0 fully saturated rings. The second-order valence-corrected chi connectivity index (χ2v) is 18.5. The van der Waals surface area contributed by atoms with Gasteiger partial charge in [0.15, 0.2) is 11.0 Å². The number of hydrogen-bond acceptors (Lipinski definition) is 4. The zero-order valence-electron chi connectivity index (χ0n) is 39.8. The molecule has 0 saturated carbocycles. The zero-order valence-corrected chi connectivity index (χ0v) is 39.8. The zero-order chi connectivity index (χ0) is 47.7. The summed E-state index contributed by atoms with van der Waals surface area (Å²) in [6.45, 7) is 11.2. The second kappa shape index (κ2) is 16.8. The molecular formula is C67H48N2O2. The molecule has 13 aromatic rings. The van der Waals surface area contributed by atoms with E-state index < -0.39 is 0 Å². The Morgan fingerprint density at radius 1 is 0.423 bits per heavy atom. The van der Waals surface area contributed by atoms with E-state index in [1.54, 1.807) is 0 Å². The van der Waals surface area contributed by atoms with Crippen LogP contribution in [0.25, 0.3) is 99.8 Å². The van der Waals surface area contributed by atoms with Crippen molar-refractivity contribution in [2.24, 2.45) is 0 Å². The van der Waals surface area contributed by atoms with Gasteiger partial charge >= 0.3 is 0 Å². The van der Waals surface area contributed by atoms with Gasteiger partial charge in [0.2, 0.25) is 0 Å². The van der Waals surface area contributed by atoms with Gasteiger partial charge in [-0.15, -0.1) is 0 Å². The number of furan rings is 2. The van der Waals surface area contributed by atoms with Crippen molar-refractivity contribution >= 4 is 106 Å². The van der Waals surface area contributed by atoms with Crippen molar-refractivity contribution in [1.29, 1.82) is 0 Å². The van der Waals surface area contributed by atoms with E-state index >= 15 is 0 Å². The summed E-state index contributed by atoms with van der Waals surface area (Å²) in [7, 11) is 0. The molecule has 0 aliphatic rings. The summed E-state index contributed by atoms with van der Waals surface area (Å²) in [6.07, 6.45) is 4.26. The molecule has 0 bridgehead atoms. The van der Waals surface area contributed by atoms with Crippen LogP contribution in [0.3, 0.4) is 0 Å². The summed E-state index contributed by atoms with van der Waals surface area (Å²) in [5.74, 6) is 0. The number of fused-ring (bicyclic) bond motifs is 4. The molecule has 4 heteroatoms. The molecule has 0 N–H and O–H groups in total. The van der Waals surface area contributed by atoms with Crippen molar-refractivity contribution in [3.8, 4) is 22.3 Å². The Bertz CT molecular complexity index is 4350. The third-order valence-electron chi connectivity index (χ3n) is 14.4. The Morgan fingerprint density at radius 2 is 0.930 bits per heavy atom. The van der Waals surface area contributed by atoms with Crippen LogP contribution in [0.1, 0.15) is 18.1 Å². The maximum absolute atomic E-state index is 6.87. The molecule has 71 heavy (non-hydrogen) atoms. The monoisotopic (exact) mass is 912 g/mol. The van der Waals surface area contributed by atoms with E-state index in [1.807, 2.05) is 24.3 Å². The van der Waals surface area contributed by atoms with Crippen molar-refractivity contribution in [1.82, 2.24) is 0 Å². The van der Waals surface area contributed by atoms with E-state index in [-0.39, 0.29) is 0 Å². The first-order chi connectivity index (χ1) is 35.0. The average Bonchev–Trinajstić information content (AvgIpc) is 3.97. The van der Waals surface area contributed by atoms with Crippen LogP contribution in [0.15, 0.2) is 233 Å². The Morgan fingerprint density at radius 3 is 1.55 bits per heavy atom. The number of aryl methyl sites for hydroxylation is 2. The quantitative estimate of drug-likeness (QED) is 0.135. The van der Waals surface area contributed by atoms with Crippen molar-refractivity contribution in [3.63, 3.8) is 0 Å². The summed E-state index contributed by atoms with van der Waals surface area (Å²) in [5, 5.41) is 11.0. The van der Waals surface area contributed by atoms with Gasteiger partial charge in [0.25, 0.3) is 0 Å². The van der Waals surface area contributed by atoms with Crippen molar-refractivity contribution < 1.29 is 8.83 Å². The van der Waals surface area contributed by atoms with E-state index in [2.05, 4.69) is 237 Å². The smallest absolute Gasteiger partial charge is 0.159 e. The third kappa shape index (κ3) is 6.67. The van der Waals surface area contributed by atoms with Crippen molar-refractivity contribution in [2.45, 2.75) is 20.8 Å². The fourth-order valence-electron chi connectivity index (χ4n) is 11.1. The lowest BCUT2D eigenvalue weighted by Gasteiger charge is -2.31. The number of hydrogen-bond donors (Lipinski definition) is 0. The van der Waals surface area contributed by atoms with E-state index in [9.17, 15) is 0 Å². The third-order valence-corrected chi connectivity index (χ3v) is 14.4. The van der Waals surface area contributed by atoms with Gasteiger partial charge in [0, 0.05) is 54.3 Å². The van der Waals surface area contributed by atoms with Crippen LogP contribution in [-0.2, 0) is 0 Å². The van der Waals surface area contributed by atoms with Crippen LogP contribution < -0.4 is 20.4 Å². The molecule has 2 heterocycles. The lowest BCUT2D eigenvalue weighted by Crippen LogP contribution is -2.29. The summed E-state index contributed by atoms with van der Waals surface area (Å²) in [6, 6.07) is 76.2. The van der Waals surface area contributed by atoms with Crippen LogP contribution in [0.5, 0.6) is 0 Å². The van der Waals surface area contributed by atoms with E-state index in [0.29, 0.717) is 0 Å². The predicted octanol–water partition coefficient (Wildman–Crippen LogP) is 17.6. The highest BCUT2D eigenvalue weighted by atomic mass is 16.3. The van der Waals surface area contributed by atoms with Gasteiger partial charge in [-0.25, -0.2) is 0 Å². The predicted molar refractivity (Wildman–Crippen MR) is 300 cm³/mol. The SMILES string of the molecule is C=c1/c(=C(\C=C/C)N(c2ccccc2)c2cc(-c3ccccc3C)c3ccc4c(N(c5ccccc5)c5cccc6c5oc5ccccc56)cc(-c5ccccc5C)c5ccc2c3c54)oc2ccccc12. The van der Waals surface area contributed by atoms with Crippen LogP contribution in [0.4, 0.5) is 28.4 Å². The average molecular weight is 913 g/mol. The van der Waals surface area contributed by atoms with Gasteiger partial charge in [0.05, 0.1) is 22.8 Å². The first kappa shape index (κ1) is 42.0. The molecule has 0 aliphatic heterocycles. The van der Waals surface area contributed by atoms with Gasteiger partial charge in [-0.1, -0.05) is 170 Å². The highest BCUT2D eigenvalue weighted by molar-refractivity contribution is 6.33. The molecule has 338 valence electrons. The van der Waals surface area contributed by atoms with Gasteiger partial charge in [-0.05, 0) is 126 Å². The van der Waals surface area contributed by atoms with E-state index in [1.165, 1.54) is 43.8 Å². The van der Waals surface area contributed by atoms with Crippen molar-refractivity contribution in [3.05, 3.63) is 246 Å². The number of rotatable bonds is 9. The molecule has 0 radical (unpaired) electrons. The molecule has 13 rings (SSSR count). The summed E-state index contributed by atoms with van der Waals surface area (Å²) in [4.78, 5) is 4.79. The van der Waals surface area contributed by atoms with Crippen molar-refractivity contribution in [2.75, 3.05) is 9.80 Å². The standard InChI is InChI=1S/C67H48N2O2/c1-5-21-58(66-44(4)49-30-16-18-34-62(49)70-66)68(45-24-8-6-9-25-45)60-40-56(47-28-14-12-22-42(47)2)51-37-39-55-61(41-57(48-29-15-13-23-43(48)3)52-36-38-54(60)64(51)65(52)55)69(46-26-10-7-11-27-46)59-33-20-32-53-50-31-17-19-35-63(50)71-67(53)59/h5-41H,4H2,1-3H3/b21-5-,66-58-. The van der Waals surface area contributed by atoms with Crippen LogP contribution in [0.2, 0.25) is 0 Å². The lowest BCUT2D eigenvalue weighted by molar-refractivity contribution is 0.572. The Labute approximate surface area is 411 Å². The molecule has 0 amide bonds. The molecular weight excluding hydrogens is 865 g/mol. The maximum atomic E-state index is 6.87. The molecule has 2 aromatic heterocycles. The topological polar surface area (TPSA) is 32.8 Å². The fraction of sp³-hybridized carbons (Fsp3) is 0.0448. The molecule has 0 atom stereocenters. The van der Waals surface area contributed by atoms with E-state index in [4.69, 9.17) is 8.83 Å². The minimum Gasteiger partial charge on any atom is -0.454 e. The lowest BCUT2D eigenvalue weighted by atomic mass is 9.84. The summed E-state index contributed by atoms with van der Waals surface area (Å²) >= 11 is 0. The molecule has 0 aliphatic carbocycles. The summed E-state index contributed by atoms with van der Waals surface area (Å²) < 4.78 is 13.7. The second-order valence-electron chi connectivity index (χ2n) is 18.5. The van der Waals surface area contributed by atoms with Gasteiger partial charge in [-0.2, -0.15) is 0 Å².